The highest BCUT2D eigenvalue weighted by molar-refractivity contribution is 5.76. The summed E-state index contributed by atoms with van der Waals surface area (Å²) in [6, 6.07) is 3.99. The SMILES string of the molecule is COC1CCN(C(=O)Cn2cc(-c3nc([C@@](C)(c4ccc(-c5cnc(N)nc5)nc4)C4CC4)no3)cn2)C1. The summed E-state index contributed by atoms with van der Waals surface area (Å²) in [5.74, 6) is 1.59. The molecule has 6 rings (SSSR count). The van der Waals surface area contributed by atoms with Crippen LogP contribution in [0.25, 0.3) is 22.7 Å². The van der Waals surface area contributed by atoms with Gasteiger partial charge in [0.2, 0.25) is 11.9 Å². The van der Waals surface area contributed by atoms with E-state index in [1.54, 1.807) is 41.5 Å². The summed E-state index contributed by atoms with van der Waals surface area (Å²) in [4.78, 5) is 32.0. The second kappa shape index (κ2) is 9.60. The van der Waals surface area contributed by atoms with Gasteiger partial charge < -0.3 is 19.9 Å². The van der Waals surface area contributed by atoms with Gasteiger partial charge in [0.1, 0.15) is 6.54 Å². The van der Waals surface area contributed by atoms with Crippen molar-refractivity contribution in [2.24, 2.45) is 5.92 Å². The van der Waals surface area contributed by atoms with E-state index >= 15 is 0 Å². The molecule has 5 heterocycles. The molecule has 2 atom stereocenters. The van der Waals surface area contributed by atoms with E-state index in [9.17, 15) is 4.79 Å². The Morgan fingerprint density at radius 2 is 1.95 bits per heavy atom. The van der Waals surface area contributed by atoms with E-state index in [2.05, 4.69) is 32.1 Å². The van der Waals surface area contributed by atoms with Crippen molar-refractivity contribution in [2.45, 2.75) is 44.2 Å². The lowest BCUT2D eigenvalue weighted by molar-refractivity contribution is -0.131. The molecule has 1 aliphatic carbocycles. The number of nitrogen functional groups attached to an aromatic ring is 1. The third-order valence-electron chi connectivity index (χ3n) is 7.62. The molecule has 0 aromatic carbocycles. The van der Waals surface area contributed by atoms with Crippen LogP contribution in [-0.4, -0.2) is 72.0 Å². The molecule has 4 aromatic rings. The Hall–Kier alpha value is -4.19. The van der Waals surface area contributed by atoms with Gasteiger partial charge in [0.05, 0.1) is 29.0 Å². The third kappa shape index (κ3) is 4.51. The maximum absolute atomic E-state index is 12.7. The van der Waals surface area contributed by atoms with Gasteiger partial charge in [0, 0.05) is 50.6 Å². The number of amides is 1. The first-order chi connectivity index (χ1) is 18.4. The van der Waals surface area contributed by atoms with Crippen molar-refractivity contribution in [1.82, 2.24) is 39.8 Å². The smallest absolute Gasteiger partial charge is 0.261 e. The molecule has 2 aliphatic rings. The highest BCUT2D eigenvalue weighted by Gasteiger charge is 2.47. The molecule has 196 valence electrons. The number of nitrogens with zero attached hydrogens (tertiary/aromatic N) is 8. The Morgan fingerprint density at radius 3 is 2.63 bits per heavy atom. The van der Waals surface area contributed by atoms with Gasteiger partial charge >= 0.3 is 0 Å². The molecule has 2 N–H and O–H groups in total. The van der Waals surface area contributed by atoms with Crippen LogP contribution in [0, 0.1) is 5.92 Å². The van der Waals surface area contributed by atoms with Crippen LogP contribution < -0.4 is 5.73 Å². The highest BCUT2D eigenvalue weighted by atomic mass is 16.5. The average molecular weight is 516 g/mol. The van der Waals surface area contributed by atoms with Crippen LogP contribution in [0.15, 0.2) is 47.6 Å². The van der Waals surface area contributed by atoms with Crippen molar-refractivity contribution < 1.29 is 14.1 Å². The van der Waals surface area contributed by atoms with Crippen LogP contribution >= 0.6 is 0 Å². The fraction of sp³-hybridized carbons (Fsp3) is 0.423. The van der Waals surface area contributed by atoms with E-state index < -0.39 is 5.41 Å². The second-order valence-corrected chi connectivity index (χ2v) is 10.1. The molecule has 4 aromatic heterocycles. The Morgan fingerprint density at radius 1 is 1.13 bits per heavy atom. The number of anilines is 1. The van der Waals surface area contributed by atoms with E-state index in [-0.39, 0.29) is 24.5 Å². The number of aromatic nitrogens is 7. The third-order valence-corrected chi connectivity index (χ3v) is 7.62. The standard InChI is InChI=1S/C26H29N9O3/c1-26(18-3-4-18,19-5-6-21(28-12-19)16-9-29-25(27)30-10-16)24-32-23(38-33-24)17-11-31-35(13-17)15-22(36)34-8-7-20(14-34)37-2/h5-6,9-13,18,20H,3-4,7-8,14-15H2,1-2H3,(H2,27,29,30)/t20?,26-/m1/s1. The Labute approximate surface area is 219 Å². The summed E-state index contributed by atoms with van der Waals surface area (Å²) in [7, 11) is 1.67. The maximum atomic E-state index is 12.7. The summed E-state index contributed by atoms with van der Waals surface area (Å²) >= 11 is 0. The number of hydrogen-bond acceptors (Lipinski definition) is 10. The molecule has 12 heteroatoms. The number of pyridine rings is 1. The van der Waals surface area contributed by atoms with Gasteiger partial charge in [0.15, 0.2) is 5.82 Å². The van der Waals surface area contributed by atoms with Gasteiger partial charge in [-0.2, -0.15) is 10.1 Å². The van der Waals surface area contributed by atoms with Crippen LogP contribution in [0.3, 0.4) is 0 Å². The minimum Gasteiger partial charge on any atom is -0.380 e. The predicted octanol–water partition coefficient (Wildman–Crippen LogP) is 2.33. The van der Waals surface area contributed by atoms with E-state index in [4.69, 9.17) is 20.0 Å². The zero-order valence-corrected chi connectivity index (χ0v) is 21.3. The van der Waals surface area contributed by atoms with E-state index in [1.165, 1.54) is 0 Å². The molecule has 2 fully saturated rings. The van der Waals surface area contributed by atoms with E-state index in [0.717, 1.165) is 36.1 Å². The number of carbonyl (C=O) groups excluding carboxylic acids is 1. The lowest BCUT2D eigenvalue weighted by Gasteiger charge is -2.26. The summed E-state index contributed by atoms with van der Waals surface area (Å²) in [6.07, 6.45) is 11.7. The van der Waals surface area contributed by atoms with E-state index in [1.807, 2.05) is 18.3 Å². The van der Waals surface area contributed by atoms with Gasteiger partial charge in [-0.05, 0) is 43.7 Å². The lowest BCUT2D eigenvalue weighted by atomic mass is 9.77. The van der Waals surface area contributed by atoms with Crippen molar-refractivity contribution in [3.05, 3.63) is 54.5 Å². The topological polar surface area (TPSA) is 151 Å². The second-order valence-electron chi connectivity index (χ2n) is 10.1. The molecule has 0 bridgehead atoms. The minimum atomic E-state index is -0.454. The highest BCUT2D eigenvalue weighted by Crippen LogP contribution is 2.50. The molecule has 0 spiro atoms. The first-order valence-corrected chi connectivity index (χ1v) is 12.7. The Balaban J connectivity index is 1.20. The van der Waals surface area contributed by atoms with Crippen LogP contribution in [0.4, 0.5) is 5.95 Å². The van der Waals surface area contributed by atoms with Gasteiger partial charge in [-0.15, -0.1) is 0 Å². The largest absolute Gasteiger partial charge is 0.380 e. The van der Waals surface area contributed by atoms with Crippen molar-refractivity contribution >= 4 is 11.9 Å². The molecule has 1 saturated carbocycles. The molecule has 1 saturated heterocycles. The number of hydrogen-bond donors (Lipinski definition) is 1. The monoisotopic (exact) mass is 515 g/mol. The number of methoxy groups -OCH3 is 1. The Bertz CT molecular complexity index is 1430. The quantitative estimate of drug-likeness (QED) is 0.370. The summed E-state index contributed by atoms with van der Waals surface area (Å²) < 4.78 is 12.6. The average Bonchev–Trinajstić information content (AvgIpc) is 3.31. The Kier molecular flexibility index (Phi) is 6.10. The van der Waals surface area contributed by atoms with Crippen molar-refractivity contribution in [1.29, 1.82) is 0 Å². The van der Waals surface area contributed by atoms with Gasteiger partial charge in [-0.1, -0.05) is 11.2 Å². The van der Waals surface area contributed by atoms with Crippen LogP contribution in [0.1, 0.15) is 37.6 Å². The van der Waals surface area contributed by atoms with Gasteiger partial charge in [0.25, 0.3) is 5.89 Å². The number of carbonyl (C=O) groups is 1. The number of rotatable bonds is 8. The molecule has 0 radical (unpaired) electrons. The summed E-state index contributed by atoms with van der Waals surface area (Å²) in [6.45, 7) is 3.59. The lowest BCUT2D eigenvalue weighted by Crippen LogP contribution is -2.33. The van der Waals surface area contributed by atoms with Crippen LogP contribution in [-0.2, 0) is 21.5 Å². The molecule has 1 aliphatic heterocycles. The zero-order chi connectivity index (χ0) is 26.3. The maximum Gasteiger partial charge on any atom is 0.261 e. The molecular weight excluding hydrogens is 486 g/mol. The molecular formula is C26H29N9O3. The van der Waals surface area contributed by atoms with Crippen molar-refractivity contribution in [3.63, 3.8) is 0 Å². The molecule has 1 amide bonds. The summed E-state index contributed by atoms with van der Waals surface area (Å²) in [5, 5.41) is 8.72. The first kappa shape index (κ1) is 24.2. The number of nitrogens with two attached hydrogens (primary N) is 1. The molecule has 1 unspecified atom stereocenters. The number of ether oxygens (including phenoxy) is 1. The minimum absolute atomic E-state index is 0.00760. The normalized spacial score (nSPS) is 19.0. The van der Waals surface area contributed by atoms with Crippen molar-refractivity contribution in [2.75, 3.05) is 25.9 Å². The van der Waals surface area contributed by atoms with Gasteiger partial charge in [-0.3, -0.25) is 14.5 Å². The number of likely N-dealkylation sites (tertiary alicyclic amines) is 1. The fourth-order valence-electron chi connectivity index (χ4n) is 5.05. The zero-order valence-electron chi connectivity index (χ0n) is 21.3. The van der Waals surface area contributed by atoms with Crippen LogP contribution in [0.5, 0.6) is 0 Å². The van der Waals surface area contributed by atoms with E-state index in [0.29, 0.717) is 36.3 Å². The predicted molar refractivity (Wildman–Crippen MR) is 136 cm³/mol. The van der Waals surface area contributed by atoms with Crippen molar-refractivity contribution in [3.8, 4) is 22.7 Å². The molecule has 38 heavy (non-hydrogen) atoms. The van der Waals surface area contributed by atoms with Crippen LogP contribution in [0.2, 0.25) is 0 Å². The fourth-order valence-corrected chi connectivity index (χ4v) is 5.05. The first-order valence-electron chi connectivity index (χ1n) is 12.7. The summed E-state index contributed by atoms with van der Waals surface area (Å²) in [5.41, 5.74) is 8.37. The van der Waals surface area contributed by atoms with Gasteiger partial charge in [-0.25, -0.2) is 9.97 Å². The molecule has 12 nitrogen and oxygen atoms in total.